The summed E-state index contributed by atoms with van der Waals surface area (Å²) in [7, 11) is -4.39. The van der Waals surface area contributed by atoms with E-state index in [1.807, 2.05) is 0 Å². The molecule has 3 N–H and O–H groups in total. The van der Waals surface area contributed by atoms with E-state index in [9.17, 15) is 19.0 Å². The molecule has 0 spiro atoms. The highest BCUT2D eigenvalue weighted by Crippen LogP contribution is 2.43. The van der Waals surface area contributed by atoms with Crippen molar-refractivity contribution in [2.45, 2.75) is 283 Å². The van der Waals surface area contributed by atoms with Crippen molar-refractivity contribution in [3.8, 4) is 0 Å². The molecule has 438 valence electrons. The van der Waals surface area contributed by atoms with Gasteiger partial charge < -0.3 is 20.1 Å². The third-order valence-electron chi connectivity index (χ3n) is 13.2. The standard InChI is InChI=1S/C66H116NO8P/c1-3-5-7-9-11-13-15-17-19-20-21-22-23-24-25-26-27-28-29-30-31-32-33-34-35-36-37-38-39-40-41-42-43-44-45-47-49-51-53-55-57-59-66(69)75-64(63-74-76(70,71)73-61-60-67)62-72-65(68)58-56-54-52-50-48-46-18-16-14-12-10-8-6-4-2/h5,7,11,13,17,19,21-22,24-25,27-28,30-31,33-34,64H,3-4,6,8-10,12,14-16,18,20,23,26,29,32,35-63,67H2,1-2H3,(H,70,71)/b7-5-,13-11-,19-17-,22-21-,25-24-,28-27-,31-30-,34-33-. The number of esters is 2. The number of carbonyl (C=O) groups is 2. The first-order valence-electron chi connectivity index (χ1n) is 31.2. The Bertz CT molecular complexity index is 1560. The van der Waals surface area contributed by atoms with Gasteiger partial charge in [0.1, 0.15) is 6.61 Å². The van der Waals surface area contributed by atoms with Gasteiger partial charge in [0.2, 0.25) is 0 Å². The molecular weight excluding hydrogens is 966 g/mol. The third kappa shape index (κ3) is 60.2. The van der Waals surface area contributed by atoms with Crippen molar-refractivity contribution in [2.75, 3.05) is 26.4 Å². The average molecular weight is 1080 g/mol. The minimum atomic E-state index is -4.39. The van der Waals surface area contributed by atoms with Crippen molar-refractivity contribution in [2.24, 2.45) is 5.73 Å². The van der Waals surface area contributed by atoms with Crippen LogP contribution >= 0.6 is 7.82 Å². The van der Waals surface area contributed by atoms with Crippen LogP contribution in [0.3, 0.4) is 0 Å². The maximum atomic E-state index is 12.7. The molecule has 2 unspecified atom stereocenters. The molecule has 0 bridgehead atoms. The number of hydrogen-bond donors (Lipinski definition) is 2. The van der Waals surface area contributed by atoms with E-state index >= 15 is 0 Å². The van der Waals surface area contributed by atoms with Gasteiger partial charge in [0.25, 0.3) is 0 Å². The molecule has 2 atom stereocenters. The van der Waals surface area contributed by atoms with Crippen LogP contribution in [0.1, 0.15) is 277 Å². The van der Waals surface area contributed by atoms with Gasteiger partial charge in [-0.05, 0) is 77.0 Å². The number of hydrogen-bond acceptors (Lipinski definition) is 8. The maximum Gasteiger partial charge on any atom is 0.472 e. The third-order valence-corrected chi connectivity index (χ3v) is 14.2. The minimum absolute atomic E-state index is 0.0527. The first kappa shape index (κ1) is 72.9. The molecule has 0 fully saturated rings. The van der Waals surface area contributed by atoms with E-state index in [1.165, 1.54) is 154 Å². The second kappa shape index (κ2) is 61.1. The van der Waals surface area contributed by atoms with Crippen LogP contribution in [0.5, 0.6) is 0 Å². The smallest absolute Gasteiger partial charge is 0.462 e. The van der Waals surface area contributed by atoms with Crippen LogP contribution in [0.15, 0.2) is 97.2 Å². The molecule has 0 aliphatic rings. The molecule has 0 aliphatic carbocycles. The Kier molecular flexibility index (Phi) is 58.7. The molecule has 0 saturated carbocycles. The number of carbonyl (C=O) groups excluding carboxylic acids is 2. The molecule has 76 heavy (non-hydrogen) atoms. The summed E-state index contributed by atoms with van der Waals surface area (Å²) in [5.41, 5.74) is 5.38. The number of nitrogens with two attached hydrogens (primary N) is 1. The number of allylic oxidation sites excluding steroid dienone is 16. The molecule has 0 aromatic carbocycles. The Morgan fingerprint density at radius 3 is 1.08 bits per heavy atom. The van der Waals surface area contributed by atoms with E-state index in [1.54, 1.807) is 0 Å². The van der Waals surface area contributed by atoms with Crippen LogP contribution in [0.4, 0.5) is 0 Å². The zero-order chi connectivity index (χ0) is 55.2. The zero-order valence-electron chi connectivity index (χ0n) is 49.0. The van der Waals surface area contributed by atoms with Crippen LogP contribution in [-0.4, -0.2) is 49.3 Å². The van der Waals surface area contributed by atoms with E-state index in [2.05, 4.69) is 111 Å². The first-order chi connectivity index (χ1) is 37.3. The molecule has 0 aromatic heterocycles. The molecular formula is C66H116NO8P. The SMILES string of the molecule is CC/C=C\C/C=C\C/C=C\C/C=C\C/C=C\C/C=C\C/C=C\C/C=C\CCCCCCCCCCCCCCCCCCC(=O)OC(COC(=O)CCCCCCCCCCCCCCCC)COP(=O)(O)OCCN. The Hall–Kier alpha value is -3.07. The largest absolute Gasteiger partial charge is 0.472 e. The van der Waals surface area contributed by atoms with Crippen molar-refractivity contribution in [3.63, 3.8) is 0 Å². The van der Waals surface area contributed by atoms with E-state index in [0.717, 1.165) is 89.9 Å². The van der Waals surface area contributed by atoms with Gasteiger partial charge in [-0.15, -0.1) is 0 Å². The van der Waals surface area contributed by atoms with Crippen LogP contribution in [0.25, 0.3) is 0 Å². The van der Waals surface area contributed by atoms with Gasteiger partial charge in [-0.25, -0.2) is 4.57 Å². The Morgan fingerprint density at radius 2 is 0.724 bits per heavy atom. The van der Waals surface area contributed by atoms with Gasteiger partial charge in [-0.3, -0.25) is 18.6 Å². The Morgan fingerprint density at radius 1 is 0.408 bits per heavy atom. The molecule has 0 rings (SSSR count). The van der Waals surface area contributed by atoms with Gasteiger partial charge in [-0.1, -0.05) is 284 Å². The fourth-order valence-corrected chi connectivity index (χ4v) is 9.42. The van der Waals surface area contributed by atoms with E-state index in [0.29, 0.717) is 6.42 Å². The lowest BCUT2D eigenvalue weighted by molar-refractivity contribution is -0.161. The lowest BCUT2D eigenvalue weighted by Crippen LogP contribution is -2.29. The summed E-state index contributed by atoms with van der Waals surface area (Å²) in [5, 5.41) is 0. The molecule has 10 heteroatoms. The molecule has 0 saturated heterocycles. The van der Waals surface area contributed by atoms with Crippen molar-refractivity contribution in [3.05, 3.63) is 97.2 Å². The molecule has 0 radical (unpaired) electrons. The van der Waals surface area contributed by atoms with Gasteiger partial charge in [0.15, 0.2) is 6.10 Å². The molecule has 0 amide bonds. The minimum Gasteiger partial charge on any atom is -0.462 e. The maximum absolute atomic E-state index is 12.7. The number of rotatable bonds is 58. The number of unbranched alkanes of at least 4 members (excludes halogenated alkanes) is 29. The number of phosphoric acid groups is 1. The fourth-order valence-electron chi connectivity index (χ4n) is 8.65. The van der Waals surface area contributed by atoms with Crippen molar-refractivity contribution in [1.82, 2.24) is 0 Å². The monoisotopic (exact) mass is 1080 g/mol. The summed E-state index contributed by atoms with van der Waals surface area (Å²) in [6, 6.07) is 0. The predicted octanol–water partition coefficient (Wildman–Crippen LogP) is 20.0. The van der Waals surface area contributed by atoms with Gasteiger partial charge in [0, 0.05) is 19.4 Å². The quantitative estimate of drug-likeness (QED) is 0.0264. The van der Waals surface area contributed by atoms with Crippen molar-refractivity contribution < 1.29 is 37.6 Å². The number of phosphoric ester groups is 1. The second-order valence-electron chi connectivity index (χ2n) is 20.6. The molecule has 9 nitrogen and oxygen atoms in total. The summed E-state index contributed by atoms with van der Waals surface area (Å²) in [5.74, 6) is -0.820. The van der Waals surface area contributed by atoms with Gasteiger partial charge in [0.05, 0.1) is 13.2 Å². The molecule has 0 aromatic rings. The van der Waals surface area contributed by atoms with E-state index in [-0.39, 0.29) is 38.6 Å². The predicted molar refractivity (Wildman–Crippen MR) is 325 cm³/mol. The number of ether oxygens (including phenoxy) is 2. The highest BCUT2D eigenvalue weighted by molar-refractivity contribution is 7.47. The fraction of sp³-hybridized carbons (Fsp3) is 0.727. The molecule has 0 aliphatic heterocycles. The Balaban J connectivity index is 3.84. The highest BCUT2D eigenvalue weighted by atomic mass is 31.2. The second-order valence-corrected chi connectivity index (χ2v) is 22.0. The van der Waals surface area contributed by atoms with E-state index in [4.69, 9.17) is 24.3 Å². The summed E-state index contributed by atoms with van der Waals surface area (Å²) < 4.78 is 33.0. The summed E-state index contributed by atoms with van der Waals surface area (Å²) in [4.78, 5) is 35.1. The highest BCUT2D eigenvalue weighted by Gasteiger charge is 2.26. The van der Waals surface area contributed by atoms with Gasteiger partial charge >= 0.3 is 19.8 Å². The topological polar surface area (TPSA) is 134 Å². The average Bonchev–Trinajstić information content (AvgIpc) is 3.41. The van der Waals surface area contributed by atoms with Crippen molar-refractivity contribution in [1.29, 1.82) is 0 Å². The van der Waals surface area contributed by atoms with Crippen LogP contribution in [0, 0.1) is 0 Å². The lowest BCUT2D eigenvalue weighted by Gasteiger charge is -2.19. The van der Waals surface area contributed by atoms with Crippen molar-refractivity contribution >= 4 is 19.8 Å². The van der Waals surface area contributed by atoms with E-state index < -0.39 is 26.5 Å². The lowest BCUT2D eigenvalue weighted by atomic mass is 10.0. The Labute approximate surface area is 467 Å². The zero-order valence-corrected chi connectivity index (χ0v) is 49.9. The normalized spacial score (nSPS) is 13.7. The summed E-state index contributed by atoms with van der Waals surface area (Å²) in [6.07, 6.45) is 82.0. The van der Waals surface area contributed by atoms with Crippen LogP contribution in [0.2, 0.25) is 0 Å². The summed E-state index contributed by atoms with van der Waals surface area (Å²) >= 11 is 0. The molecule has 0 heterocycles. The van der Waals surface area contributed by atoms with Crippen LogP contribution in [-0.2, 0) is 32.7 Å². The first-order valence-corrected chi connectivity index (χ1v) is 32.7. The summed E-state index contributed by atoms with van der Waals surface area (Å²) in [6.45, 7) is 3.65. The van der Waals surface area contributed by atoms with Crippen LogP contribution < -0.4 is 5.73 Å². The van der Waals surface area contributed by atoms with Gasteiger partial charge in [-0.2, -0.15) is 0 Å².